The first kappa shape index (κ1) is 24.1. The minimum Gasteiger partial charge on any atom is -0.435 e. The van der Waals surface area contributed by atoms with Crippen LogP contribution in [0.2, 0.25) is 0 Å². The predicted molar refractivity (Wildman–Crippen MR) is 117 cm³/mol. The van der Waals surface area contributed by atoms with Crippen molar-refractivity contribution in [3.8, 4) is 5.75 Å². The van der Waals surface area contributed by atoms with Crippen LogP contribution < -0.4 is 10.1 Å². The summed E-state index contributed by atoms with van der Waals surface area (Å²) in [6, 6.07) is 14.8. The molecule has 0 aliphatic rings. The van der Waals surface area contributed by atoms with E-state index in [9.17, 15) is 8.78 Å². The van der Waals surface area contributed by atoms with Crippen molar-refractivity contribution in [2.75, 3.05) is 21.2 Å². The van der Waals surface area contributed by atoms with Gasteiger partial charge < -0.3 is 19.7 Å². The number of benzene rings is 2. The van der Waals surface area contributed by atoms with Crippen molar-refractivity contribution in [1.29, 1.82) is 0 Å². The fraction of sp³-hybridized carbons (Fsp3) is 0.350. The zero-order valence-corrected chi connectivity index (χ0v) is 18.5. The fourth-order valence-corrected chi connectivity index (χ4v) is 2.61. The summed E-state index contributed by atoms with van der Waals surface area (Å²) in [6.45, 7) is -0.989. The third kappa shape index (κ3) is 7.97. The van der Waals surface area contributed by atoms with Gasteiger partial charge in [0, 0.05) is 34.3 Å². The molecule has 0 radical (unpaired) electrons. The Kier molecular flexibility index (Phi) is 10.8. The molecule has 8 heteroatoms. The summed E-state index contributed by atoms with van der Waals surface area (Å²) in [5.74, 6) is 0.889. The molecule has 2 aromatic rings. The molecule has 0 aromatic heterocycles. The lowest BCUT2D eigenvalue weighted by Crippen LogP contribution is -2.38. The van der Waals surface area contributed by atoms with Crippen LogP contribution in [0.25, 0.3) is 0 Å². The third-order valence-corrected chi connectivity index (χ3v) is 3.93. The van der Waals surface area contributed by atoms with E-state index in [1.54, 1.807) is 26.3 Å². The molecule has 5 nitrogen and oxygen atoms in total. The van der Waals surface area contributed by atoms with Gasteiger partial charge in [0.05, 0.1) is 6.61 Å². The number of rotatable bonds is 8. The van der Waals surface area contributed by atoms with Gasteiger partial charge in [0.2, 0.25) is 0 Å². The molecule has 0 saturated carbocycles. The Morgan fingerprint density at radius 1 is 1.04 bits per heavy atom. The Bertz CT molecular complexity index is 725. The van der Waals surface area contributed by atoms with Gasteiger partial charge in [-0.2, -0.15) is 8.78 Å². The number of nitrogens with one attached hydrogen (secondary N) is 1. The van der Waals surface area contributed by atoms with E-state index in [1.165, 1.54) is 12.1 Å². The van der Waals surface area contributed by atoms with Crippen LogP contribution >= 0.6 is 24.0 Å². The number of guanidine groups is 1. The van der Waals surface area contributed by atoms with E-state index in [4.69, 9.17) is 4.74 Å². The molecule has 0 aliphatic heterocycles. The third-order valence-electron chi connectivity index (χ3n) is 3.93. The van der Waals surface area contributed by atoms with Crippen molar-refractivity contribution in [2.45, 2.75) is 26.3 Å². The van der Waals surface area contributed by atoms with E-state index in [2.05, 4.69) is 27.2 Å². The van der Waals surface area contributed by atoms with Crippen LogP contribution in [0.15, 0.2) is 53.5 Å². The molecular weight excluding hydrogens is 479 g/mol. The number of alkyl halides is 2. The lowest BCUT2D eigenvalue weighted by atomic mass is 10.1. The monoisotopic (exact) mass is 505 g/mol. The standard InChI is InChI=1S/C20H25F2N3O2.HI/c1-23-20(24-12-15-4-6-17(7-5-15)14-26-3)25(2)13-16-8-10-18(11-9-16)27-19(21)22;/h4-11,19H,12-14H2,1-3H3,(H,23,24);1H. The highest BCUT2D eigenvalue weighted by Crippen LogP contribution is 2.15. The smallest absolute Gasteiger partial charge is 0.387 e. The summed E-state index contributed by atoms with van der Waals surface area (Å²) >= 11 is 0. The summed E-state index contributed by atoms with van der Waals surface area (Å²) in [4.78, 5) is 6.25. The highest BCUT2D eigenvalue weighted by atomic mass is 127. The Morgan fingerprint density at radius 2 is 1.61 bits per heavy atom. The summed E-state index contributed by atoms with van der Waals surface area (Å²) in [7, 11) is 5.31. The molecule has 0 spiro atoms. The average molecular weight is 505 g/mol. The minimum absolute atomic E-state index is 0. The lowest BCUT2D eigenvalue weighted by molar-refractivity contribution is -0.0498. The van der Waals surface area contributed by atoms with Crippen molar-refractivity contribution in [3.63, 3.8) is 0 Å². The molecule has 0 heterocycles. The first-order valence-electron chi connectivity index (χ1n) is 8.54. The van der Waals surface area contributed by atoms with Crippen LogP contribution in [-0.2, 0) is 24.4 Å². The molecule has 0 atom stereocenters. The number of methoxy groups -OCH3 is 1. The van der Waals surface area contributed by atoms with Crippen LogP contribution in [0.4, 0.5) is 8.78 Å². The summed E-state index contributed by atoms with van der Waals surface area (Å²) in [6.07, 6.45) is 0. The normalized spacial score (nSPS) is 11.1. The number of ether oxygens (including phenoxy) is 2. The summed E-state index contributed by atoms with van der Waals surface area (Å²) < 4.78 is 33.9. The van der Waals surface area contributed by atoms with Gasteiger partial charge in [-0.3, -0.25) is 4.99 Å². The number of hydrogen-bond donors (Lipinski definition) is 1. The molecule has 2 rings (SSSR count). The van der Waals surface area contributed by atoms with Gasteiger partial charge in [-0.1, -0.05) is 36.4 Å². The molecular formula is C20H26F2IN3O2. The molecule has 0 bridgehead atoms. The highest BCUT2D eigenvalue weighted by molar-refractivity contribution is 14.0. The Balaban J connectivity index is 0.00000392. The van der Waals surface area contributed by atoms with Crippen LogP contribution in [0.1, 0.15) is 16.7 Å². The summed E-state index contributed by atoms with van der Waals surface area (Å²) in [5, 5.41) is 3.32. The lowest BCUT2D eigenvalue weighted by Gasteiger charge is -2.22. The van der Waals surface area contributed by atoms with Crippen molar-refractivity contribution in [2.24, 2.45) is 4.99 Å². The van der Waals surface area contributed by atoms with Crippen molar-refractivity contribution < 1.29 is 18.3 Å². The Labute approximate surface area is 181 Å². The van der Waals surface area contributed by atoms with E-state index in [0.717, 1.165) is 22.6 Å². The van der Waals surface area contributed by atoms with Crippen molar-refractivity contribution in [1.82, 2.24) is 10.2 Å². The van der Waals surface area contributed by atoms with E-state index in [1.807, 2.05) is 24.1 Å². The Morgan fingerprint density at radius 3 is 2.14 bits per heavy atom. The van der Waals surface area contributed by atoms with Gasteiger partial charge >= 0.3 is 6.61 Å². The topological polar surface area (TPSA) is 46.1 Å². The number of aliphatic imine (C=N–C) groups is 1. The maximum Gasteiger partial charge on any atom is 0.387 e. The molecule has 154 valence electrons. The number of hydrogen-bond acceptors (Lipinski definition) is 3. The van der Waals surface area contributed by atoms with Gasteiger partial charge in [0.25, 0.3) is 0 Å². The first-order chi connectivity index (χ1) is 13.0. The fourth-order valence-electron chi connectivity index (χ4n) is 2.61. The van der Waals surface area contributed by atoms with Crippen LogP contribution in [-0.4, -0.2) is 38.7 Å². The maximum absolute atomic E-state index is 12.2. The van der Waals surface area contributed by atoms with Crippen LogP contribution in [0, 0.1) is 0 Å². The second-order valence-electron chi connectivity index (χ2n) is 6.03. The van der Waals surface area contributed by atoms with Crippen molar-refractivity contribution in [3.05, 3.63) is 65.2 Å². The second kappa shape index (κ2) is 12.5. The zero-order chi connectivity index (χ0) is 19.6. The SMILES string of the molecule is CN=C(NCc1ccc(COC)cc1)N(C)Cc1ccc(OC(F)F)cc1.I. The van der Waals surface area contributed by atoms with Gasteiger partial charge in [-0.25, -0.2) is 0 Å². The molecule has 0 aliphatic carbocycles. The van der Waals surface area contributed by atoms with Gasteiger partial charge in [0.1, 0.15) is 5.75 Å². The van der Waals surface area contributed by atoms with E-state index >= 15 is 0 Å². The van der Waals surface area contributed by atoms with E-state index in [0.29, 0.717) is 19.7 Å². The maximum atomic E-state index is 12.2. The molecule has 0 saturated heterocycles. The largest absolute Gasteiger partial charge is 0.435 e. The molecule has 28 heavy (non-hydrogen) atoms. The minimum atomic E-state index is -2.81. The zero-order valence-electron chi connectivity index (χ0n) is 16.2. The Hall–Kier alpha value is -1.94. The van der Waals surface area contributed by atoms with Crippen molar-refractivity contribution >= 4 is 29.9 Å². The number of halogens is 3. The molecule has 2 aromatic carbocycles. The van der Waals surface area contributed by atoms with Crippen LogP contribution in [0.5, 0.6) is 5.75 Å². The molecule has 0 fully saturated rings. The highest BCUT2D eigenvalue weighted by Gasteiger charge is 2.08. The van der Waals surface area contributed by atoms with Gasteiger partial charge in [-0.15, -0.1) is 24.0 Å². The van der Waals surface area contributed by atoms with Gasteiger partial charge in [-0.05, 0) is 28.8 Å². The predicted octanol–water partition coefficient (Wildman–Crippen LogP) is 4.26. The molecule has 1 N–H and O–H groups in total. The van der Waals surface area contributed by atoms with Gasteiger partial charge in [0.15, 0.2) is 5.96 Å². The number of nitrogens with zero attached hydrogens (tertiary/aromatic N) is 2. The first-order valence-corrected chi connectivity index (χ1v) is 8.54. The second-order valence-corrected chi connectivity index (χ2v) is 6.03. The van der Waals surface area contributed by atoms with E-state index in [-0.39, 0.29) is 29.7 Å². The average Bonchev–Trinajstić information content (AvgIpc) is 2.65. The quantitative estimate of drug-likeness (QED) is 0.331. The van der Waals surface area contributed by atoms with Crippen LogP contribution in [0.3, 0.4) is 0 Å². The molecule has 0 amide bonds. The molecule has 0 unspecified atom stereocenters. The summed E-state index contributed by atoms with van der Waals surface area (Å²) in [5.41, 5.74) is 3.23. The van der Waals surface area contributed by atoms with E-state index < -0.39 is 6.61 Å².